The van der Waals surface area contributed by atoms with E-state index in [-0.39, 0.29) is 0 Å². The van der Waals surface area contributed by atoms with Crippen molar-refractivity contribution in [2.24, 2.45) is 33.5 Å². The van der Waals surface area contributed by atoms with Gasteiger partial charge in [0.1, 0.15) is 0 Å². The molecular formula is C26H44N2O2S2. The van der Waals surface area contributed by atoms with E-state index >= 15 is 0 Å². The normalized spacial score (nSPS) is 47.2. The number of hydrogen-bond acceptors (Lipinski definition) is 6. The largest absolute Gasteiger partial charge is 0.379 e. The lowest BCUT2D eigenvalue weighted by Crippen LogP contribution is -2.59. The second-order valence-corrected chi connectivity index (χ2v) is 15.3. The maximum Gasteiger partial charge on any atom is 0.0594 e. The highest BCUT2D eigenvalue weighted by Gasteiger charge is 2.71. The van der Waals surface area contributed by atoms with Crippen LogP contribution in [0.5, 0.6) is 0 Å². The van der Waals surface area contributed by atoms with E-state index in [9.17, 15) is 0 Å². The van der Waals surface area contributed by atoms with Gasteiger partial charge < -0.3 is 9.47 Å². The lowest BCUT2D eigenvalue weighted by Gasteiger charge is -2.59. The summed E-state index contributed by atoms with van der Waals surface area (Å²) in [6.07, 6.45) is 5.78. The van der Waals surface area contributed by atoms with Crippen LogP contribution in [0.2, 0.25) is 0 Å². The Hall–Kier alpha value is 0.540. The standard InChI is InChI=1S/C26H44N2O2S2/c1-23(2)19-13-21(27-5-9-29-10-6-27)25(23,15-19)17-31-32-18-26-16-20(24(26,3)4)14-22(26)28-7-11-30-12-8-28/h19-22H,5-18H2,1-4H3/t19?,20?,21?,22?,25-,26-/m0/s1. The van der Waals surface area contributed by atoms with Gasteiger partial charge in [-0.3, -0.25) is 9.80 Å². The molecule has 6 aliphatic carbocycles. The van der Waals surface area contributed by atoms with Gasteiger partial charge in [0.05, 0.1) is 26.4 Å². The summed E-state index contributed by atoms with van der Waals surface area (Å²) in [6, 6.07) is 1.57. The Balaban J connectivity index is 1.11. The summed E-state index contributed by atoms with van der Waals surface area (Å²) >= 11 is 0. The first-order chi connectivity index (χ1) is 15.3. The Labute approximate surface area is 203 Å². The molecule has 6 atom stereocenters. The maximum absolute atomic E-state index is 5.68. The van der Waals surface area contributed by atoms with Gasteiger partial charge in [-0.05, 0) is 48.3 Å². The summed E-state index contributed by atoms with van der Waals surface area (Å²) in [5.41, 5.74) is 2.04. The highest BCUT2D eigenvalue weighted by molar-refractivity contribution is 8.76. The van der Waals surface area contributed by atoms with Gasteiger partial charge in [-0.2, -0.15) is 0 Å². The van der Waals surface area contributed by atoms with E-state index in [0.29, 0.717) is 21.7 Å². The molecule has 4 nitrogen and oxygen atoms in total. The Morgan fingerprint density at radius 1 is 0.656 bits per heavy atom. The van der Waals surface area contributed by atoms with Crippen molar-refractivity contribution in [3.05, 3.63) is 0 Å². The summed E-state index contributed by atoms with van der Waals surface area (Å²) in [7, 11) is 4.46. The molecule has 4 bridgehead atoms. The van der Waals surface area contributed by atoms with Crippen LogP contribution in [-0.2, 0) is 9.47 Å². The van der Waals surface area contributed by atoms with E-state index in [1.807, 2.05) is 0 Å². The van der Waals surface area contributed by atoms with Crippen LogP contribution >= 0.6 is 21.6 Å². The van der Waals surface area contributed by atoms with E-state index in [4.69, 9.17) is 9.47 Å². The second-order valence-electron chi connectivity index (χ2n) is 12.9. The summed E-state index contributed by atoms with van der Waals surface area (Å²) in [5.74, 6) is 4.55. The molecule has 0 aromatic rings. The lowest BCUT2D eigenvalue weighted by molar-refractivity contribution is -0.0816. The molecule has 8 rings (SSSR count). The molecule has 0 aromatic heterocycles. The van der Waals surface area contributed by atoms with Crippen LogP contribution in [0.1, 0.15) is 53.4 Å². The van der Waals surface area contributed by atoms with Crippen LogP contribution in [-0.4, -0.2) is 86.0 Å². The van der Waals surface area contributed by atoms with Crippen LogP contribution < -0.4 is 0 Å². The highest BCUT2D eigenvalue weighted by Crippen LogP contribution is 2.75. The first-order valence-electron chi connectivity index (χ1n) is 13.2. The third-order valence-corrected chi connectivity index (χ3v) is 14.4. The monoisotopic (exact) mass is 480 g/mol. The zero-order valence-electron chi connectivity index (χ0n) is 20.7. The van der Waals surface area contributed by atoms with Gasteiger partial charge >= 0.3 is 0 Å². The minimum Gasteiger partial charge on any atom is -0.379 e. The third-order valence-electron chi connectivity index (χ3n) is 11.8. The number of nitrogens with zero attached hydrogens (tertiary/aromatic N) is 2. The van der Waals surface area contributed by atoms with Crippen molar-refractivity contribution in [1.82, 2.24) is 9.80 Å². The predicted molar refractivity (Wildman–Crippen MR) is 135 cm³/mol. The molecule has 2 saturated heterocycles. The van der Waals surface area contributed by atoms with Gasteiger partial charge in [0.15, 0.2) is 0 Å². The summed E-state index contributed by atoms with van der Waals surface area (Å²) in [4.78, 5) is 5.60. The Bertz CT molecular complexity index is 661. The SMILES string of the molecule is CC1(C)C2CC(N3CCOCC3)[C@@]1(CSSC[C@@]13CC(CC1N1CCOCC1)C3(C)C)C2. The summed E-state index contributed by atoms with van der Waals surface area (Å²) < 4.78 is 11.4. The third kappa shape index (κ3) is 3.05. The molecule has 0 radical (unpaired) electrons. The van der Waals surface area contributed by atoms with Crippen molar-refractivity contribution in [1.29, 1.82) is 0 Å². The number of fused-ring (bicyclic) bond motifs is 2. The molecule has 4 unspecified atom stereocenters. The van der Waals surface area contributed by atoms with E-state index in [1.54, 1.807) is 0 Å². The molecule has 0 amide bonds. The van der Waals surface area contributed by atoms with E-state index < -0.39 is 0 Å². The van der Waals surface area contributed by atoms with E-state index in [0.717, 1.165) is 76.5 Å². The molecule has 2 aliphatic heterocycles. The number of rotatable bonds is 7. The van der Waals surface area contributed by atoms with Crippen LogP contribution in [0.15, 0.2) is 0 Å². The molecule has 8 fully saturated rings. The molecule has 0 aromatic carbocycles. The topological polar surface area (TPSA) is 24.9 Å². The number of morpholine rings is 2. The molecule has 32 heavy (non-hydrogen) atoms. The second kappa shape index (κ2) is 8.03. The summed E-state index contributed by atoms with van der Waals surface area (Å²) in [5, 5.41) is 0. The molecular weight excluding hydrogens is 436 g/mol. The van der Waals surface area contributed by atoms with Crippen molar-refractivity contribution < 1.29 is 9.47 Å². The van der Waals surface area contributed by atoms with Crippen molar-refractivity contribution in [2.75, 3.05) is 64.1 Å². The number of ether oxygens (including phenoxy) is 2. The molecule has 8 aliphatic rings. The van der Waals surface area contributed by atoms with Gasteiger partial charge in [0.25, 0.3) is 0 Å². The molecule has 0 N–H and O–H groups in total. The molecule has 2 heterocycles. The first kappa shape index (κ1) is 23.0. The smallest absolute Gasteiger partial charge is 0.0594 e. The Kier molecular flexibility index (Phi) is 5.76. The summed E-state index contributed by atoms with van der Waals surface area (Å²) in [6.45, 7) is 18.6. The van der Waals surface area contributed by atoms with Gasteiger partial charge in [0, 0.05) is 60.6 Å². The van der Waals surface area contributed by atoms with E-state index in [1.165, 1.54) is 37.2 Å². The van der Waals surface area contributed by atoms with E-state index in [2.05, 4.69) is 59.1 Å². The lowest BCUT2D eigenvalue weighted by atomic mass is 9.51. The number of hydrogen-bond donors (Lipinski definition) is 0. The Morgan fingerprint density at radius 2 is 1.03 bits per heavy atom. The maximum atomic E-state index is 5.68. The fourth-order valence-corrected chi connectivity index (χ4v) is 12.8. The predicted octanol–water partition coefficient (Wildman–Crippen LogP) is 4.64. The van der Waals surface area contributed by atoms with Crippen LogP contribution in [0.4, 0.5) is 0 Å². The molecule has 6 heteroatoms. The minimum atomic E-state index is 0.506. The average Bonchev–Trinajstić information content (AvgIpc) is 3.51. The quantitative estimate of drug-likeness (QED) is 0.389. The van der Waals surface area contributed by atoms with Crippen molar-refractivity contribution in [3.63, 3.8) is 0 Å². The fraction of sp³-hybridized carbons (Fsp3) is 1.00. The average molecular weight is 481 g/mol. The fourth-order valence-electron chi connectivity index (χ4n) is 9.09. The first-order valence-corrected chi connectivity index (χ1v) is 15.7. The van der Waals surface area contributed by atoms with Crippen LogP contribution in [0.3, 0.4) is 0 Å². The van der Waals surface area contributed by atoms with Crippen LogP contribution in [0.25, 0.3) is 0 Å². The highest BCUT2D eigenvalue weighted by atomic mass is 33.1. The van der Waals surface area contributed by atoms with Gasteiger partial charge in [-0.25, -0.2) is 0 Å². The molecule has 182 valence electrons. The van der Waals surface area contributed by atoms with Gasteiger partial charge in [-0.1, -0.05) is 49.3 Å². The van der Waals surface area contributed by atoms with Crippen molar-refractivity contribution in [3.8, 4) is 0 Å². The van der Waals surface area contributed by atoms with Crippen molar-refractivity contribution >= 4 is 21.6 Å². The minimum absolute atomic E-state index is 0.506. The molecule has 0 spiro atoms. The zero-order valence-corrected chi connectivity index (χ0v) is 22.4. The zero-order chi connectivity index (χ0) is 22.2. The van der Waals surface area contributed by atoms with Gasteiger partial charge in [0.2, 0.25) is 0 Å². The molecule has 6 saturated carbocycles. The van der Waals surface area contributed by atoms with Crippen molar-refractivity contribution in [2.45, 2.75) is 65.5 Å². The van der Waals surface area contributed by atoms with Gasteiger partial charge in [-0.15, -0.1) is 0 Å². The van der Waals surface area contributed by atoms with Crippen LogP contribution in [0, 0.1) is 33.5 Å². The Morgan fingerprint density at radius 3 is 1.38 bits per heavy atom.